The molecule has 2 aliphatic heterocycles. The number of carbonyl (C=O) groups is 1. The van der Waals surface area contributed by atoms with Gasteiger partial charge in [-0.3, -0.25) is 4.79 Å². The van der Waals surface area contributed by atoms with Crippen molar-refractivity contribution in [1.29, 1.82) is 5.26 Å². The minimum absolute atomic E-state index is 0.115. The van der Waals surface area contributed by atoms with Crippen LogP contribution in [0.5, 0.6) is 0 Å². The van der Waals surface area contributed by atoms with Gasteiger partial charge >= 0.3 is 0 Å². The number of amides is 1. The van der Waals surface area contributed by atoms with Crippen LogP contribution >= 0.6 is 11.6 Å². The highest BCUT2D eigenvalue weighted by Gasteiger charge is 2.54. The molecule has 3 heterocycles. The van der Waals surface area contributed by atoms with Gasteiger partial charge in [0, 0.05) is 35.0 Å². The van der Waals surface area contributed by atoms with Crippen molar-refractivity contribution in [2.75, 3.05) is 0 Å². The van der Waals surface area contributed by atoms with Crippen LogP contribution in [0.15, 0.2) is 18.2 Å². The summed E-state index contributed by atoms with van der Waals surface area (Å²) < 4.78 is 0. The van der Waals surface area contributed by atoms with Crippen molar-refractivity contribution in [3.05, 3.63) is 34.5 Å². The average molecular weight is 398 g/mol. The summed E-state index contributed by atoms with van der Waals surface area (Å²) in [7, 11) is 0. The van der Waals surface area contributed by atoms with Crippen molar-refractivity contribution in [2.24, 2.45) is 5.92 Å². The van der Waals surface area contributed by atoms with E-state index >= 15 is 0 Å². The number of halogens is 1. The maximum absolute atomic E-state index is 13.3. The lowest BCUT2D eigenvalue weighted by Crippen LogP contribution is -2.65. The van der Waals surface area contributed by atoms with Gasteiger partial charge in [0.25, 0.3) is 0 Å². The zero-order valence-electron chi connectivity index (χ0n) is 15.9. The van der Waals surface area contributed by atoms with E-state index in [0.717, 1.165) is 35.7 Å². The molecule has 3 atom stereocenters. The summed E-state index contributed by atoms with van der Waals surface area (Å²) in [5, 5.41) is 21.8. The molecule has 1 aromatic carbocycles. The van der Waals surface area contributed by atoms with Crippen molar-refractivity contribution in [3.8, 4) is 6.07 Å². The Labute approximate surface area is 169 Å². The summed E-state index contributed by atoms with van der Waals surface area (Å²) in [6.45, 7) is 2.00. The van der Waals surface area contributed by atoms with E-state index in [1.165, 1.54) is 0 Å². The SMILES string of the molecule is CC(CC(=O)N1C2CC3CC1CC(O)(C3)C2)c1c(C#N)[nH]c2cccc(Cl)c12. The smallest absolute Gasteiger partial charge is 0.223 e. The Morgan fingerprint density at radius 2 is 2.11 bits per heavy atom. The molecule has 2 aromatic rings. The van der Waals surface area contributed by atoms with Crippen molar-refractivity contribution >= 4 is 28.4 Å². The van der Waals surface area contributed by atoms with E-state index in [-0.39, 0.29) is 23.9 Å². The monoisotopic (exact) mass is 397 g/mol. The molecule has 4 aliphatic rings. The standard InChI is InChI=1S/C22H24ClN3O2/c1-12(20-18(11-24)25-17-4-2-3-16(23)21(17)20)5-19(27)26-14-6-13-7-15(26)10-22(28,8-13)9-14/h2-4,12-15,25,28H,5-10H2,1H3. The molecule has 4 bridgehead atoms. The number of benzene rings is 1. The van der Waals surface area contributed by atoms with E-state index in [9.17, 15) is 15.2 Å². The molecule has 2 aliphatic carbocycles. The molecule has 28 heavy (non-hydrogen) atoms. The highest BCUT2D eigenvalue weighted by Crippen LogP contribution is 2.51. The topological polar surface area (TPSA) is 80.1 Å². The minimum atomic E-state index is -0.558. The Hall–Kier alpha value is -2.03. The molecule has 2 saturated heterocycles. The summed E-state index contributed by atoms with van der Waals surface area (Å²) in [6.07, 6.45) is 4.70. The molecule has 4 fully saturated rings. The second-order valence-electron chi connectivity index (χ2n) is 9.08. The number of hydrogen-bond acceptors (Lipinski definition) is 3. The van der Waals surface area contributed by atoms with E-state index in [1.807, 2.05) is 25.1 Å². The van der Waals surface area contributed by atoms with Gasteiger partial charge in [-0.1, -0.05) is 24.6 Å². The Balaban J connectivity index is 1.42. The number of aromatic nitrogens is 1. The maximum atomic E-state index is 13.3. The normalized spacial score (nSPS) is 31.9. The van der Waals surface area contributed by atoms with Gasteiger partial charge in [0.05, 0.1) is 10.6 Å². The number of nitrogens with zero attached hydrogens (tertiary/aromatic N) is 2. The molecule has 146 valence electrons. The van der Waals surface area contributed by atoms with Gasteiger partial charge < -0.3 is 15.0 Å². The van der Waals surface area contributed by atoms with Crippen LogP contribution in [0, 0.1) is 17.2 Å². The highest BCUT2D eigenvalue weighted by atomic mass is 35.5. The van der Waals surface area contributed by atoms with Gasteiger partial charge in [0.1, 0.15) is 11.8 Å². The number of aliphatic hydroxyl groups is 1. The summed E-state index contributed by atoms with van der Waals surface area (Å²) >= 11 is 6.42. The van der Waals surface area contributed by atoms with Crippen molar-refractivity contribution in [3.63, 3.8) is 0 Å². The summed E-state index contributed by atoms with van der Waals surface area (Å²) in [6, 6.07) is 8.14. The number of H-pyrrole nitrogens is 1. The average Bonchev–Trinajstić information content (AvgIpc) is 3.00. The van der Waals surface area contributed by atoms with Crippen LogP contribution in [-0.2, 0) is 4.79 Å². The number of fused-ring (bicyclic) bond motifs is 1. The molecule has 0 radical (unpaired) electrons. The molecule has 2 saturated carbocycles. The lowest BCUT2D eigenvalue weighted by molar-refractivity contribution is -0.174. The predicted octanol–water partition coefficient (Wildman–Crippen LogP) is 4.09. The summed E-state index contributed by atoms with van der Waals surface area (Å²) in [5.74, 6) is 0.577. The second-order valence-corrected chi connectivity index (χ2v) is 9.48. The molecule has 6 rings (SSSR count). The lowest BCUT2D eigenvalue weighted by atomic mass is 9.61. The van der Waals surface area contributed by atoms with Gasteiger partial charge in [-0.05, 0) is 56.1 Å². The number of carbonyl (C=O) groups excluding carboxylic acids is 1. The zero-order valence-corrected chi connectivity index (χ0v) is 16.7. The highest BCUT2D eigenvalue weighted by molar-refractivity contribution is 6.35. The molecule has 1 aromatic heterocycles. The summed E-state index contributed by atoms with van der Waals surface area (Å²) in [4.78, 5) is 18.5. The number of aromatic amines is 1. The first kappa shape index (κ1) is 18.0. The minimum Gasteiger partial charge on any atom is -0.390 e. The fourth-order valence-electron chi connectivity index (χ4n) is 6.27. The van der Waals surface area contributed by atoms with Crippen LogP contribution < -0.4 is 0 Å². The molecule has 0 spiro atoms. The second kappa shape index (κ2) is 6.23. The third-order valence-electron chi connectivity index (χ3n) is 7.08. The van der Waals surface area contributed by atoms with Gasteiger partial charge in [-0.25, -0.2) is 0 Å². The number of piperidine rings is 2. The van der Waals surface area contributed by atoms with Crippen LogP contribution in [-0.4, -0.2) is 38.6 Å². The number of rotatable bonds is 3. The van der Waals surface area contributed by atoms with Crippen LogP contribution in [0.2, 0.25) is 5.02 Å². The van der Waals surface area contributed by atoms with Crippen LogP contribution in [0.3, 0.4) is 0 Å². The zero-order chi connectivity index (χ0) is 19.6. The first-order chi connectivity index (χ1) is 13.4. The predicted molar refractivity (Wildman–Crippen MR) is 107 cm³/mol. The fourth-order valence-corrected chi connectivity index (χ4v) is 6.55. The van der Waals surface area contributed by atoms with Gasteiger partial charge in [-0.15, -0.1) is 0 Å². The Kier molecular flexibility index (Phi) is 4.01. The van der Waals surface area contributed by atoms with E-state index < -0.39 is 5.60 Å². The van der Waals surface area contributed by atoms with E-state index in [4.69, 9.17) is 11.6 Å². The molecule has 3 unspecified atom stereocenters. The fraction of sp³-hybridized carbons (Fsp3) is 0.545. The number of hydrogen-bond donors (Lipinski definition) is 2. The largest absolute Gasteiger partial charge is 0.390 e. The van der Waals surface area contributed by atoms with Crippen molar-refractivity contribution < 1.29 is 9.90 Å². The van der Waals surface area contributed by atoms with E-state index in [1.54, 1.807) is 0 Å². The summed E-state index contributed by atoms with van der Waals surface area (Å²) in [5.41, 5.74) is 1.59. The molecule has 5 nitrogen and oxygen atoms in total. The molecule has 2 N–H and O–H groups in total. The third-order valence-corrected chi connectivity index (χ3v) is 7.40. The Morgan fingerprint density at radius 3 is 2.75 bits per heavy atom. The lowest BCUT2D eigenvalue weighted by Gasteiger charge is -2.59. The van der Waals surface area contributed by atoms with Crippen molar-refractivity contribution in [1.82, 2.24) is 9.88 Å². The molecular weight excluding hydrogens is 374 g/mol. The van der Waals surface area contributed by atoms with Gasteiger partial charge in [-0.2, -0.15) is 5.26 Å². The van der Waals surface area contributed by atoms with Gasteiger partial charge in [0.2, 0.25) is 5.91 Å². The number of nitriles is 1. The number of nitrogens with one attached hydrogen (secondary N) is 1. The maximum Gasteiger partial charge on any atom is 0.223 e. The van der Waals surface area contributed by atoms with Crippen LogP contribution in [0.25, 0.3) is 10.9 Å². The Bertz CT molecular complexity index is 991. The molecule has 1 amide bonds. The first-order valence-electron chi connectivity index (χ1n) is 10.1. The molecular formula is C22H24ClN3O2. The quantitative estimate of drug-likeness (QED) is 0.818. The van der Waals surface area contributed by atoms with E-state index in [2.05, 4.69) is 16.0 Å². The Morgan fingerprint density at radius 1 is 1.39 bits per heavy atom. The third kappa shape index (κ3) is 2.66. The van der Waals surface area contributed by atoms with Crippen LogP contribution in [0.4, 0.5) is 0 Å². The molecule has 6 heteroatoms. The first-order valence-corrected chi connectivity index (χ1v) is 10.5. The van der Waals surface area contributed by atoms with E-state index in [0.29, 0.717) is 35.9 Å². The van der Waals surface area contributed by atoms with Crippen molar-refractivity contribution in [2.45, 2.75) is 69.1 Å². The van der Waals surface area contributed by atoms with Crippen LogP contribution in [0.1, 0.15) is 62.6 Å². The van der Waals surface area contributed by atoms with Gasteiger partial charge in [0.15, 0.2) is 0 Å².